The van der Waals surface area contributed by atoms with Crippen LogP contribution in [0.2, 0.25) is 0 Å². The molecule has 0 amide bonds. The van der Waals surface area contributed by atoms with Crippen LogP contribution in [0.5, 0.6) is 0 Å². The van der Waals surface area contributed by atoms with Gasteiger partial charge in [-0.1, -0.05) is 44.7 Å². The molecule has 20 heavy (non-hydrogen) atoms. The molecule has 1 heterocycles. The van der Waals surface area contributed by atoms with Gasteiger partial charge in [-0.25, -0.2) is 4.98 Å². The van der Waals surface area contributed by atoms with Gasteiger partial charge in [-0.2, -0.15) is 0 Å². The van der Waals surface area contributed by atoms with E-state index in [9.17, 15) is 0 Å². The fourth-order valence-corrected chi connectivity index (χ4v) is 3.39. The van der Waals surface area contributed by atoms with Crippen molar-refractivity contribution in [1.82, 2.24) is 10.3 Å². The molecule has 1 aromatic heterocycles. The first-order valence-corrected chi connectivity index (χ1v) is 7.93. The molecule has 0 spiro atoms. The highest BCUT2D eigenvalue weighted by Crippen LogP contribution is 2.29. The number of oxazole rings is 1. The standard InChI is InChI=1S/C17H24N2O/c1-2-18-14(11-13-7-3-4-8-13)12-17-19-15-9-5-6-10-16(15)20-17/h5-6,9-10,13-14,18H,2-4,7-8,11-12H2,1H3. The van der Waals surface area contributed by atoms with Crippen LogP contribution in [-0.2, 0) is 6.42 Å². The number of rotatable bonds is 6. The summed E-state index contributed by atoms with van der Waals surface area (Å²) >= 11 is 0. The number of nitrogens with one attached hydrogen (secondary N) is 1. The minimum Gasteiger partial charge on any atom is -0.441 e. The second kappa shape index (κ2) is 6.40. The first kappa shape index (κ1) is 13.6. The Morgan fingerprint density at radius 3 is 2.85 bits per heavy atom. The van der Waals surface area contributed by atoms with Gasteiger partial charge < -0.3 is 9.73 Å². The zero-order valence-electron chi connectivity index (χ0n) is 12.3. The number of benzene rings is 1. The van der Waals surface area contributed by atoms with E-state index in [0.29, 0.717) is 6.04 Å². The third-order valence-corrected chi connectivity index (χ3v) is 4.34. The number of hydrogen-bond acceptors (Lipinski definition) is 3. The second-order valence-electron chi connectivity index (χ2n) is 5.92. The van der Waals surface area contributed by atoms with Crippen LogP contribution >= 0.6 is 0 Å². The molecule has 1 fully saturated rings. The lowest BCUT2D eigenvalue weighted by atomic mass is 9.96. The van der Waals surface area contributed by atoms with Crippen molar-refractivity contribution in [2.75, 3.05) is 6.54 Å². The van der Waals surface area contributed by atoms with Crippen LogP contribution in [0.4, 0.5) is 0 Å². The van der Waals surface area contributed by atoms with E-state index in [0.717, 1.165) is 35.9 Å². The van der Waals surface area contributed by atoms with E-state index in [1.165, 1.54) is 32.1 Å². The molecule has 2 aromatic rings. The van der Waals surface area contributed by atoms with Gasteiger partial charge >= 0.3 is 0 Å². The minimum atomic E-state index is 0.496. The van der Waals surface area contributed by atoms with Crippen LogP contribution in [0.3, 0.4) is 0 Å². The van der Waals surface area contributed by atoms with Gasteiger partial charge in [0.05, 0.1) is 0 Å². The van der Waals surface area contributed by atoms with E-state index in [1.54, 1.807) is 0 Å². The highest BCUT2D eigenvalue weighted by Gasteiger charge is 2.21. The molecule has 1 saturated carbocycles. The van der Waals surface area contributed by atoms with Crippen molar-refractivity contribution in [3.8, 4) is 0 Å². The first-order valence-electron chi connectivity index (χ1n) is 7.93. The molecule has 0 radical (unpaired) electrons. The van der Waals surface area contributed by atoms with Crippen molar-refractivity contribution in [1.29, 1.82) is 0 Å². The van der Waals surface area contributed by atoms with Crippen molar-refractivity contribution in [3.63, 3.8) is 0 Å². The molecule has 1 aliphatic carbocycles. The van der Waals surface area contributed by atoms with E-state index in [-0.39, 0.29) is 0 Å². The molecule has 1 atom stereocenters. The summed E-state index contributed by atoms with van der Waals surface area (Å²) < 4.78 is 5.86. The zero-order chi connectivity index (χ0) is 13.8. The van der Waals surface area contributed by atoms with Gasteiger partial charge in [-0.05, 0) is 31.0 Å². The molecule has 0 aliphatic heterocycles. The third kappa shape index (κ3) is 3.21. The molecule has 3 nitrogen and oxygen atoms in total. The minimum absolute atomic E-state index is 0.496. The van der Waals surface area contributed by atoms with E-state index < -0.39 is 0 Å². The van der Waals surface area contributed by atoms with Gasteiger partial charge in [0, 0.05) is 12.5 Å². The van der Waals surface area contributed by atoms with E-state index in [2.05, 4.69) is 17.2 Å². The molecule has 0 saturated heterocycles. The molecule has 1 unspecified atom stereocenters. The Hall–Kier alpha value is -1.35. The SMILES string of the molecule is CCNC(Cc1nc2ccccc2o1)CC1CCCC1. The molecule has 3 heteroatoms. The Morgan fingerprint density at radius 1 is 1.30 bits per heavy atom. The summed E-state index contributed by atoms with van der Waals surface area (Å²) in [6.07, 6.45) is 7.77. The second-order valence-corrected chi connectivity index (χ2v) is 5.92. The first-order chi connectivity index (χ1) is 9.85. The van der Waals surface area contributed by atoms with Crippen molar-refractivity contribution in [3.05, 3.63) is 30.2 Å². The maximum atomic E-state index is 5.86. The van der Waals surface area contributed by atoms with Crippen LogP contribution in [0, 0.1) is 5.92 Å². The fraction of sp³-hybridized carbons (Fsp3) is 0.588. The summed E-state index contributed by atoms with van der Waals surface area (Å²) in [7, 11) is 0. The van der Waals surface area contributed by atoms with Crippen molar-refractivity contribution < 1.29 is 4.42 Å². The van der Waals surface area contributed by atoms with Crippen molar-refractivity contribution >= 4 is 11.1 Å². The van der Waals surface area contributed by atoms with Gasteiger partial charge in [0.1, 0.15) is 5.52 Å². The number of hydrogen-bond donors (Lipinski definition) is 1. The molecule has 108 valence electrons. The summed E-state index contributed by atoms with van der Waals surface area (Å²) in [5.41, 5.74) is 1.87. The number of likely N-dealkylation sites (N-methyl/N-ethyl adjacent to an activating group) is 1. The number of para-hydroxylation sites is 2. The number of aromatic nitrogens is 1. The van der Waals surface area contributed by atoms with E-state index in [4.69, 9.17) is 4.42 Å². The Labute approximate surface area is 120 Å². The fourth-order valence-electron chi connectivity index (χ4n) is 3.39. The lowest BCUT2D eigenvalue weighted by Gasteiger charge is -2.20. The van der Waals surface area contributed by atoms with Crippen LogP contribution in [0.25, 0.3) is 11.1 Å². The van der Waals surface area contributed by atoms with Crippen LogP contribution in [-0.4, -0.2) is 17.6 Å². The monoisotopic (exact) mass is 272 g/mol. The lowest BCUT2D eigenvalue weighted by Crippen LogP contribution is -2.32. The van der Waals surface area contributed by atoms with Gasteiger partial charge in [-0.3, -0.25) is 0 Å². The van der Waals surface area contributed by atoms with Gasteiger partial charge in [0.25, 0.3) is 0 Å². The average Bonchev–Trinajstić information content (AvgIpc) is 3.07. The molecular weight excluding hydrogens is 248 g/mol. The normalized spacial score (nSPS) is 17.9. The zero-order valence-corrected chi connectivity index (χ0v) is 12.3. The average molecular weight is 272 g/mol. The number of fused-ring (bicyclic) bond motifs is 1. The van der Waals surface area contributed by atoms with Crippen LogP contribution in [0.15, 0.2) is 28.7 Å². The van der Waals surface area contributed by atoms with Gasteiger partial charge in [0.15, 0.2) is 11.5 Å². The van der Waals surface area contributed by atoms with Crippen molar-refractivity contribution in [2.24, 2.45) is 5.92 Å². The molecule has 3 rings (SSSR count). The summed E-state index contributed by atoms with van der Waals surface area (Å²) in [6, 6.07) is 8.51. The van der Waals surface area contributed by atoms with Crippen LogP contribution in [0.1, 0.15) is 44.9 Å². The van der Waals surface area contributed by atoms with E-state index in [1.807, 2.05) is 24.3 Å². The summed E-state index contributed by atoms with van der Waals surface area (Å²) in [5, 5.41) is 3.60. The topological polar surface area (TPSA) is 38.1 Å². The summed E-state index contributed by atoms with van der Waals surface area (Å²) in [4.78, 5) is 4.60. The predicted octanol–water partition coefficient (Wildman–Crippen LogP) is 3.93. The third-order valence-electron chi connectivity index (χ3n) is 4.34. The smallest absolute Gasteiger partial charge is 0.197 e. The van der Waals surface area contributed by atoms with Gasteiger partial charge in [-0.15, -0.1) is 0 Å². The quantitative estimate of drug-likeness (QED) is 0.866. The Morgan fingerprint density at radius 2 is 2.10 bits per heavy atom. The Bertz CT molecular complexity index is 510. The highest BCUT2D eigenvalue weighted by molar-refractivity contribution is 5.72. The number of nitrogens with zero attached hydrogens (tertiary/aromatic N) is 1. The summed E-state index contributed by atoms with van der Waals surface area (Å²) in [6.45, 7) is 3.19. The molecule has 1 N–H and O–H groups in total. The molecule has 0 bridgehead atoms. The molecular formula is C17H24N2O. The maximum absolute atomic E-state index is 5.86. The Kier molecular flexibility index (Phi) is 4.36. The largest absolute Gasteiger partial charge is 0.441 e. The van der Waals surface area contributed by atoms with Gasteiger partial charge in [0.2, 0.25) is 0 Å². The van der Waals surface area contributed by atoms with E-state index >= 15 is 0 Å². The maximum Gasteiger partial charge on any atom is 0.197 e. The molecule has 1 aliphatic rings. The van der Waals surface area contributed by atoms with Crippen LogP contribution < -0.4 is 5.32 Å². The predicted molar refractivity (Wildman–Crippen MR) is 81.8 cm³/mol. The Balaban J connectivity index is 1.68. The molecule has 1 aromatic carbocycles. The highest BCUT2D eigenvalue weighted by atomic mass is 16.3. The summed E-state index contributed by atoms with van der Waals surface area (Å²) in [5.74, 6) is 1.76. The lowest BCUT2D eigenvalue weighted by molar-refractivity contribution is 0.367. The van der Waals surface area contributed by atoms with Crippen molar-refractivity contribution in [2.45, 2.75) is 51.5 Å².